The lowest BCUT2D eigenvalue weighted by molar-refractivity contribution is 0.164. The molecule has 4 nitrogen and oxygen atoms in total. The van der Waals surface area contributed by atoms with E-state index in [1.807, 2.05) is 19.3 Å². The minimum atomic E-state index is 0.716. The van der Waals surface area contributed by atoms with Crippen molar-refractivity contribution in [2.45, 2.75) is 39.7 Å². The molecule has 0 aromatic carbocycles. The normalized spacial score (nSPS) is 20.0. The molecule has 1 atom stereocenters. The third-order valence-corrected chi connectivity index (χ3v) is 4.53. The van der Waals surface area contributed by atoms with E-state index in [9.17, 15) is 0 Å². The second-order valence-electron chi connectivity index (χ2n) is 6.34. The highest BCUT2D eigenvalue weighted by Gasteiger charge is 2.22. The van der Waals surface area contributed by atoms with Gasteiger partial charge in [-0.25, -0.2) is 4.98 Å². The number of aryl methyl sites for hydroxylation is 3. The van der Waals surface area contributed by atoms with Crippen LogP contribution in [0.15, 0.2) is 22.9 Å². The average molecular weight is 287 g/mol. The summed E-state index contributed by atoms with van der Waals surface area (Å²) < 4.78 is 7.79. The summed E-state index contributed by atoms with van der Waals surface area (Å²) in [5.41, 5.74) is 1.34. The van der Waals surface area contributed by atoms with Crippen molar-refractivity contribution in [2.75, 3.05) is 13.1 Å². The third kappa shape index (κ3) is 3.38. The van der Waals surface area contributed by atoms with Gasteiger partial charge < -0.3 is 8.98 Å². The highest BCUT2D eigenvalue weighted by atomic mass is 16.3. The predicted molar refractivity (Wildman–Crippen MR) is 83.1 cm³/mol. The van der Waals surface area contributed by atoms with Gasteiger partial charge in [-0.3, -0.25) is 4.90 Å². The van der Waals surface area contributed by atoms with Crippen LogP contribution >= 0.6 is 0 Å². The number of rotatable bonds is 4. The van der Waals surface area contributed by atoms with E-state index in [2.05, 4.69) is 34.5 Å². The van der Waals surface area contributed by atoms with Crippen molar-refractivity contribution in [3.63, 3.8) is 0 Å². The minimum Gasteiger partial charge on any atom is -0.466 e. The van der Waals surface area contributed by atoms with Crippen LogP contribution in [0.4, 0.5) is 0 Å². The Hall–Kier alpha value is -1.55. The zero-order valence-corrected chi connectivity index (χ0v) is 13.3. The first kappa shape index (κ1) is 14.4. The number of imidazole rings is 1. The van der Waals surface area contributed by atoms with Crippen LogP contribution in [-0.4, -0.2) is 27.5 Å². The average Bonchev–Trinajstić information content (AvgIpc) is 2.97. The van der Waals surface area contributed by atoms with Gasteiger partial charge in [0.2, 0.25) is 0 Å². The van der Waals surface area contributed by atoms with Crippen LogP contribution < -0.4 is 0 Å². The van der Waals surface area contributed by atoms with Crippen LogP contribution in [0.25, 0.3) is 0 Å². The van der Waals surface area contributed by atoms with Gasteiger partial charge in [-0.05, 0) is 45.2 Å². The Kier molecular flexibility index (Phi) is 4.15. The van der Waals surface area contributed by atoms with E-state index in [0.717, 1.165) is 31.0 Å². The lowest BCUT2D eigenvalue weighted by Crippen LogP contribution is -2.36. The number of hydrogen-bond donors (Lipinski definition) is 0. The first-order valence-electron chi connectivity index (χ1n) is 7.86. The molecule has 0 saturated carbocycles. The van der Waals surface area contributed by atoms with Gasteiger partial charge in [0.25, 0.3) is 0 Å². The quantitative estimate of drug-likeness (QED) is 0.866. The van der Waals surface area contributed by atoms with Gasteiger partial charge in [0.05, 0.1) is 0 Å². The summed E-state index contributed by atoms with van der Waals surface area (Å²) in [6, 6.07) is 2.18. The smallest absolute Gasteiger partial charge is 0.108 e. The van der Waals surface area contributed by atoms with Crippen LogP contribution in [-0.2, 0) is 20.0 Å². The fourth-order valence-corrected chi connectivity index (χ4v) is 3.39. The Labute approximate surface area is 126 Å². The molecule has 0 N–H and O–H groups in total. The molecule has 0 radical (unpaired) electrons. The van der Waals surface area contributed by atoms with Gasteiger partial charge in [-0.15, -0.1) is 0 Å². The van der Waals surface area contributed by atoms with Crippen molar-refractivity contribution >= 4 is 0 Å². The molecule has 2 aromatic heterocycles. The Morgan fingerprint density at radius 2 is 2.24 bits per heavy atom. The zero-order chi connectivity index (χ0) is 14.8. The summed E-state index contributed by atoms with van der Waals surface area (Å²) in [4.78, 5) is 7.03. The summed E-state index contributed by atoms with van der Waals surface area (Å²) in [6.45, 7) is 7.46. The lowest BCUT2D eigenvalue weighted by Gasteiger charge is -2.32. The standard InChI is InChI=1S/C17H25N3O/c1-13-9-16(14(2)21-13)12-20-7-4-5-15(11-20)10-17-18-6-8-19(17)3/h6,8-9,15H,4-5,7,10-12H2,1-3H3. The lowest BCUT2D eigenvalue weighted by atomic mass is 9.94. The molecular formula is C17H25N3O. The highest BCUT2D eigenvalue weighted by molar-refractivity contribution is 5.20. The first-order valence-corrected chi connectivity index (χ1v) is 7.86. The highest BCUT2D eigenvalue weighted by Crippen LogP contribution is 2.23. The molecule has 21 heavy (non-hydrogen) atoms. The maximum absolute atomic E-state index is 5.64. The van der Waals surface area contributed by atoms with Gasteiger partial charge in [0.15, 0.2) is 0 Å². The van der Waals surface area contributed by atoms with Gasteiger partial charge in [0.1, 0.15) is 17.3 Å². The third-order valence-electron chi connectivity index (χ3n) is 4.53. The number of likely N-dealkylation sites (tertiary alicyclic amines) is 1. The number of hydrogen-bond acceptors (Lipinski definition) is 3. The maximum Gasteiger partial charge on any atom is 0.108 e. The van der Waals surface area contributed by atoms with Crippen LogP contribution in [0.1, 0.15) is 35.7 Å². The van der Waals surface area contributed by atoms with E-state index in [-0.39, 0.29) is 0 Å². The molecule has 4 heteroatoms. The largest absolute Gasteiger partial charge is 0.466 e. The Balaban J connectivity index is 1.60. The summed E-state index contributed by atoms with van der Waals surface area (Å²) in [6.07, 6.45) is 7.61. The second-order valence-corrected chi connectivity index (χ2v) is 6.34. The summed E-state index contributed by atoms with van der Waals surface area (Å²) in [5, 5.41) is 0. The maximum atomic E-state index is 5.64. The molecule has 1 aliphatic rings. The molecule has 3 rings (SSSR count). The molecule has 2 aromatic rings. The first-order chi connectivity index (χ1) is 10.1. The molecule has 1 fully saturated rings. The van der Waals surface area contributed by atoms with Crippen molar-refractivity contribution in [3.8, 4) is 0 Å². The molecule has 0 spiro atoms. The number of nitrogens with zero attached hydrogens (tertiary/aromatic N) is 3. The van der Waals surface area contributed by atoms with E-state index in [0.29, 0.717) is 5.92 Å². The molecule has 0 amide bonds. The summed E-state index contributed by atoms with van der Waals surface area (Å²) in [5.74, 6) is 4.01. The van der Waals surface area contributed by atoms with E-state index in [4.69, 9.17) is 4.42 Å². The monoisotopic (exact) mass is 287 g/mol. The predicted octanol–water partition coefficient (Wildman–Crippen LogP) is 3.08. The minimum absolute atomic E-state index is 0.716. The van der Waals surface area contributed by atoms with E-state index >= 15 is 0 Å². The SMILES string of the molecule is Cc1cc(CN2CCCC(Cc3nccn3C)C2)c(C)o1. The van der Waals surface area contributed by atoms with Gasteiger partial charge in [0, 0.05) is 44.5 Å². The molecule has 0 aliphatic carbocycles. The molecule has 3 heterocycles. The summed E-state index contributed by atoms with van der Waals surface area (Å²) >= 11 is 0. The van der Waals surface area contributed by atoms with Crippen molar-refractivity contribution in [1.29, 1.82) is 0 Å². The molecular weight excluding hydrogens is 262 g/mol. The molecule has 0 bridgehead atoms. The van der Waals surface area contributed by atoms with Crippen LogP contribution in [0, 0.1) is 19.8 Å². The number of aromatic nitrogens is 2. The van der Waals surface area contributed by atoms with E-state index < -0.39 is 0 Å². The Morgan fingerprint density at radius 1 is 1.38 bits per heavy atom. The van der Waals surface area contributed by atoms with Gasteiger partial charge >= 0.3 is 0 Å². The number of furan rings is 1. The van der Waals surface area contributed by atoms with Crippen LogP contribution in [0.5, 0.6) is 0 Å². The van der Waals surface area contributed by atoms with Gasteiger partial charge in [-0.1, -0.05) is 0 Å². The molecule has 1 saturated heterocycles. The molecule has 1 aliphatic heterocycles. The van der Waals surface area contributed by atoms with E-state index in [1.165, 1.54) is 30.8 Å². The van der Waals surface area contributed by atoms with Crippen LogP contribution in [0.3, 0.4) is 0 Å². The van der Waals surface area contributed by atoms with Crippen LogP contribution in [0.2, 0.25) is 0 Å². The number of piperidine rings is 1. The Morgan fingerprint density at radius 3 is 2.90 bits per heavy atom. The van der Waals surface area contributed by atoms with Crippen molar-refractivity contribution in [3.05, 3.63) is 41.4 Å². The topological polar surface area (TPSA) is 34.2 Å². The second kappa shape index (κ2) is 6.06. The summed E-state index contributed by atoms with van der Waals surface area (Å²) in [7, 11) is 2.08. The van der Waals surface area contributed by atoms with Crippen molar-refractivity contribution in [1.82, 2.24) is 14.5 Å². The zero-order valence-electron chi connectivity index (χ0n) is 13.3. The fraction of sp³-hybridized carbons (Fsp3) is 0.588. The van der Waals surface area contributed by atoms with Crippen molar-refractivity contribution < 1.29 is 4.42 Å². The molecule has 1 unspecified atom stereocenters. The fourth-order valence-electron chi connectivity index (χ4n) is 3.39. The molecule has 114 valence electrons. The Bertz CT molecular complexity index is 599. The van der Waals surface area contributed by atoms with Crippen molar-refractivity contribution in [2.24, 2.45) is 13.0 Å². The van der Waals surface area contributed by atoms with Gasteiger partial charge in [-0.2, -0.15) is 0 Å². The van der Waals surface area contributed by atoms with E-state index in [1.54, 1.807) is 0 Å².